The number of hydrogen-bond acceptors (Lipinski definition) is 2. The van der Waals surface area contributed by atoms with Gasteiger partial charge in [-0.05, 0) is 51.4 Å². The Hall–Kier alpha value is -3.10. The summed E-state index contributed by atoms with van der Waals surface area (Å²) in [6.45, 7) is 6.99. The van der Waals surface area contributed by atoms with Gasteiger partial charge in [0.1, 0.15) is 6.17 Å². The van der Waals surface area contributed by atoms with Crippen LogP contribution in [0.5, 0.6) is 0 Å². The molecule has 29 heavy (non-hydrogen) atoms. The Balaban J connectivity index is 1.56. The molecule has 2 aliphatic rings. The zero-order valence-electron chi connectivity index (χ0n) is 16.5. The van der Waals surface area contributed by atoms with Crippen LogP contribution in [0.1, 0.15) is 22.9 Å². The van der Waals surface area contributed by atoms with Gasteiger partial charge in [-0.15, -0.1) is 6.58 Å². The highest BCUT2D eigenvalue weighted by molar-refractivity contribution is 6.14. The normalized spacial score (nSPS) is 18.3. The summed E-state index contributed by atoms with van der Waals surface area (Å²) in [5, 5.41) is 5.45. The van der Waals surface area contributed by atoms with Crippen LogP contribution in [0, 0.1) is 0 Å². The summed E-state index contributed by atoms with van der Waals surface area (Å²) in [5.74, 6) is 0. The number of anilines is 1. The minimum Gasteiger partial charge on any atom is -0.347 e. The molecule has 0 amide bonds. The largest absolute Gasteiger partial charge is 0.347 e. The van der Waals surface area contributed by atoms with Gasteiger partial charge in [0.25, 0.3) is 0 Å². The Kier molecular flexibility index (Phi) is 3.75. The highest BCUT2D eigenvalue weighted by Crippen LogP contribution is 2.48. The Morgan fingerprint density at radius 2 is 1.69 bits per heavy atom. The number of fused-ring (bicyclic) bond motifs is 3. The Labute approximate surface area is 171 Å². The van der Waals surface area contributed by atoms with Crippen LogP contribution in [0.3, 0.4) is 0 Å². The van der Waals surface area contributed by atoms with E-state index < -0.39 is 0 Å². The van der Waals surface area contributed by atoms with E-state index in [1.54, 1.807) is 0 Å². The van der Waals surface area contributed by atoms with Crippen LogP contribution in [-0.2, 0) is 13.0 Å². The first-order valence-electron chi connectivity index (χ1n) is 10.5. The Morgan fingerprint density at radius 1 is 0.897 bits per heavy atom. The second-order valence-electron chi connectivity index (χ2n) is 8.19. The second-order valence-corrected chi connectivity index (χ2v) is 8.19. The monoisotopic (exact) mass is 376 g/mol. The van der Waals surface area contributed by atoms with Gasteiger partial charge in [0.2, 0.25) is 0 Å². The van der Waals surface area contributed by atoms with E-state index >= 15 is 0 Å². The van der Waals surface area contributed by atoms with Crippen LogP contribution < -0.4 is 4.90 Å². The Bertz CT molecular complexity index is 1260. The van der Waals surface area contributed by atoms with Crippen molar-refractivity contribution in [2.24, 2.45) is 0 Å². The topological polar surface area (TPSA) is 6.48 Å². The van der Waals surface area contributed by atoms with Gasteiger partial charge in [0.15, 0.2) is 0 Å². The molecule has 0 aromatic heterocycles. The van der Waals surface area contributed by atoms with Crippen molar-refractivity contribution < 1.29 is 0 Å². The van der Waals surface area contributed by atoms with E-state index in [0.29, 0.717) is 0 Å². The minimum atomic E-state index is 0.255. The molecule has 0 aliphatic carbocycles. The van der Waals surface area contributed by atoms with Crippen molar-refractivity contribution in [1.29, 1.82) is 0 Å². The summed E-state index contributed by atoms with van der Waals surface area (Å²) in [6, 6.07) is 26.9. The maximum atomic E-state index is 4.06. The summed E-state index contributed by atoms with van der Waals surface area (Å²) in [4.78, 5) is 5.19. The predicted octanol–water partition coefficient (Wildman–Crippen LogP) is 6.06. The summed E-state index contributed by atoms with van der Waals surface area (Å²) >= 11 is 0. The van der Waals surface area contributed by atoms with Crippen LogP contribution >= 0.6 is 0 Å². The predicted molar refractivity (Wildman–Crippen MR) is 122 cm³/mol. The van der Waals surface area contributed by atoms with E-state index in [0.717, 1.165) is 26.1 Å². The van der Waals surface area contributed by atoms with Gasteiger partial charge in [-0.2, -0.15) is 0 Å². The molecule has 4 aromatic carbocycles. The number of benzene rings is 4. The molecule has 1 atom stereocenters. The van der Waals surface area contributed by atoms with E-state index in [-0.39, 0.29) is 6.17 Å². The fourth-order valence-electron chi connectivity index (χ4n) is 5.38. The third-order valence-corrected chi connectivity index (χ3v) is 6.61. The van der Waals surface area contributed by atoms with Crippen LogP contribution in [-0.4, -0.2) is 18.0 Å². The lowest BCUT2D eigenvalue weighted by atomic mass is 9.95. The van der Waals surface area contributed by atoms with Gasteiger partial charge in [0, 0.05) is 30.7 Å². The van der Waals surface area contributed by atoms with E-state index in [9.17, 15) is 0 Å². The van der Waals surface area contributed by atoms with Gasteiger partial charge in [-0.3, -0.25) is 4.90 Å². The molecule has 1 unspecified atom stereocenters. The van der Waals surface area contributed by atoms with Crippen LogP contribution in [0.15, 0.2) is 85.5 Å². The molecule has 2 heteroatoms. The number of hydrogen-bond donors (Lipinski definition) is 0. The molecule has 0 spiro atoms. The highest BCUT2D eigenvalue weighted by atomic mass is 15.4. The summed E-state index contributed by atoms with van der Waals surface area (Å²) < 4.78 is 0. The SMILES string of the molecule is C=CCN1c2cccc3c2c(cc2ccccc23)C1N1CCc2ccccc2C1. The minimum absolute atomic E-state index is 0.255. The molecule has 0 saturated heterocycles. The third-order valence-electron chi connectivity index (χ3n) is 6.61. The smallest absolute Gasteiger partial charge is 0.110 e. The van der Waals surface area contributed by atoms with Gasteiger partial charge in [-0.25, -0.2) is 0 Å². The van der Waals surface area contributed by atoms with Crippen molar-refractivity contribution in [3.8, 4) is 0 Å². The molecule has 0 radical (unpaired) electrons. The molecule has 0 fully saturated rings. The fourth-order valence-corrected chi connectivity index (χ4v) is 5.38. The molecule has 2 heterocycles. The third kappa shape index (κ3) is 2.46. The molecule has 2 nitrogen and oxygen atoms in total. The van der Waals surface area contributed by atoms with Crippen LogP contribution in [0.4, 0.5) is 5.69 Å². The molecule has 2 aliphatic heterocycles. The Morgan fingerprint density at radius 3 is 2.59 bits per heavy atom. The maximum Gasteiger partial charge on any atom is 0.110 e. The van der Waals surface area contributed by atoms with Gasteiger partial charge in [0.05, 0.1) is 0 Å². The molecule has 0 bridgehead atoms. The lowest BCUT2D eigenvalue weighted by Crippen LogP contribution is -2.42. The molecular weight excluding hydrogens is 352 g/mol. The lowest BCUT2D eigenvalue weighted by molar-refractivity contribution is 0.179. The standard InChI is InChI=1S/C27H24N2/c1-2-15-29-25-13-7-12-23-22-11-6-5-9-20(22)17-24(26(23)25)27(29)28-16-14-19-8-3-4-10-21(19)18-28/h2-13,17,27H,1,14-16,18H2. The van der Waals surface area contributed by atoms with E-state index in [1.807, 2.05) is 6.08 Å². The van der Waals surface area contributed by atoms with Crippen LogP contribution in [0.25, 0.3) is 21.5 Å². The van der Waals surface area contributed by atoms with Crippen molar-refractivity contribution in [3.05, 3.63) is 102 Å². The van der Waals surface area contributed by atoms with Gasteiger partial charge >= 0.3 is 0 Å². The highest BCUT2D eigenvalue weighted by Gasteiger charge is 2.36. The molecular formula is C27H24N2. The quantitative estimate of drug-likeness (QED) is 0.317. The summed E-state index contributed by atoms with van der Waals surface area (Å²) in [7, 11) is 0. The van der Waals surface area contributed by atoms with Crippen molar-refractivity contribution in [3.63, 3.8) is 0 Å². The van der Waals surface area contributed by atoms with Gasteiger partial charge < -0.3 is 4.90 Å². The molecule has 0 N–H and O–H groups in total. The van der Waals surface area contributed by atoms with Crippen LogP contribution in [0.2, 0.25) is 0 Å². The van der Waals surface area contributed by atoms with E-state index in [2.05, 4.69) is 89.2 Å². The van der Waals surface area contributed by atoms with E-state index in [4.69, 9.17) is 0 Å². The van der Waals surface area contributed by atoms with Crippen molar-refractivity contribution in [2.45, 2.75) is 19.1 Å². The number of nitrogens with zero attached hydrogens (tertiary/aromatic N) is 2. The lowest BCUT2D eigenvalue weighted by Gasteiger charge is -2.39. The average molecular weight is 377 g/mol. The zero-order chi connectivity index (χ0) is 19.4. The molecule has 0 saturated carbocycles. The second kappa shape index (κ2) is 6.47. The van der Waals surface area contributed by atoms with E-state index in [1.165, 1.54) is 43.9 Å². The first-order chi connectivity index (χ1) is 14.3. The maximum absolute atomic E-state index is 4.06. The number of rotatable bonds is 3. The average Bonchev–Trinajstić information content (AvgIpc) is 3.08. The summed E-state index contributed by atoms with van der Waals surface area (Å²) in [5.41, 5.74) is 5.74. The van der Waals surface area contributed by atoms with Crippen molar-refractivity contribution >= 4 is 27.2 Å². The first-order valence-corrected chi connectivity index (χ1v) is 10.5. The fraction of sp³-hybridized carbons (Fsp3) is 0.185. The molecule has 142 valence electrons. The molecule has 4 aromatic rings. The first kappa shape index (κ1) is 16.8. The van der Waals surface area contributed by atoms with Gasteiger partial charge in [-0.1, -0.05) is 66.7 Å². The summed E-state index contributed by atoms with van der Waals surface area (Å²) in [6.07, 6.45) is 3.41. The van der Waals surface area contributed by atoms with Crippen molar-refractivity contribution in [1.82, 2.24) is 4.90 Å². The zero-order valence-corrected chi connectivity index (χ0v) is 16.5. The van der Waals surface area contributed by atoms with Crippen molar-refractivity contribution in [2.75, 3.05) is 18.0 Å². The molecule has 6 rings (SSSR count).